The molecule has 19 heavy (non-hydrogen) atoms. The van der Waals surface area contributed by atoms with Gasteiger partial charge in [0, 0.05) is 9.75 Å². The lowest BCUT2D eigenvalue weighted by molar-refractivity contribution is -0.0498. The highest BCUT2D eigenvalue weighted by molar-refractivity contribution is 7.12. The van der Waals surface area contributed by atoms with Crippen molar-refractivity contribution in [2.24, 2.45) is 0 Å². The minimum atomic E-state index is -2.82. The molecule has 2 rings (SSSR count). The largest absolute Gasteiger partial charge is 0.435 e. The minimum absolute atomic E-state index is 0.128. The molecule has 5 heteroatoms. The van der Waals surface area contributed by atoms with Crippen LogP contribution in [0.2, 0.25) is 0 Å². The van der Waals surface area contributed by atoms with E-state index in [-0.39, 0.29) is 11.1 Å². The molecule has 1 heterocycles. The average molecular weight is 303 g/mol. The van der Waals surface area contributed by atoms with Gasteiger partial charge in [-0.25, -0.2) is 0 Å². The van der Waals surface area contributed by atoms with E-state index in [0.29, 0.717) is 0 Å². The van der Waals surface area contributed by atoms with Crippen LogP contribution in [-0.4, -0.2) is 6.61 Å². The van der Waals surface area contributed by atoms with Crippen LogP contribution >= 0.6 is 22.9 Å². The van der Waals surface area contributed by atoms with Crippen molar-refractivity contribution in [1.29, 1.82) is 0 Å². The van der Waals surface area contributed by atoms with Crippen LogP contribution in [0.3, 0.4) is 0 Å². The maximum Gasteiger partial charge on any atom is 0.387 e. The molecule has 1 unspecified atom stereocenters. The monoisotopic (exact) mass is 302 g/mol. The molecule has 0 bridgehead atoms. The van der Waals surface area contributed by atoms with E-state index in [1.165, 1.54) is 10.9 Å². The summed E-state index contributed by atoms with van der Waals surface area (Å²) in [4.78, 5) is 2.32. The fourth-order valence-corrected chi connectivity index (χ4v) is 3.32. The van der Waals surface area contributed by atoms with Crippen LogP contribution < -0.4 is 4.74 Å². The summed E-state index contributed by atoms with van der Waals surface area (Å²) in [7, 11) is 0. The fourth-order valence-electron chi connectivity index (χ4n) is 1.93. The molecule has 102 valence electrons. The number of rotatable bonds is 4. The van der Waals surface area contributed by atoms with Gasteiger partial charge in [0.1, 0.15) is 5.75 Å². The summed E-state index contributed by atoms with van der Waals surface area (Å²) in [6.45, 7) is 1.19. The van der Waals surface area contributed by atoms with E-state index >= 15 is 0 Å². The molecule has 0 aliphatic heterocycles. The number of aryl methyl sites for hydroxylation is 2. The van der Waals surface area contributed by atoms with Gasteiger partial charge in [-0.3, -0.25) is 0 Å². The normalized spacial score (nSPS) is 12.7. The zero-order chi connectivity index (χ0) is 14.0. The Morgan fingerprint density at radius 1 is 1.21 bits per heavy atom. The first-order chi connectivity index (χ1) is 8.97. The zero-order valence-corrected chi connectivity index (χ0v) is 12.1. The van der Waals surface area contributed by atoms with Gasteiger partial charge in [0.05, 0.1) is 5.38 Å². The first-order valence-corrected chi connectivity index (χ1v) is 6.98. The lowest BCUT2D eigenvalue weighted by Crippen LogP contribution is -2.02. The maximum atomic E-state index is 12.2. The minimum Gasteiger partial charge on any atom is -0.435 e. The second kappa shape index (κ2) is 5.88. The third-order valence-electron chi connectivity index (χ3n) is 2.73. The lowest BCUT2D eigenvalue weighted by Gasteiger charge is -2.12. The molecule has 0 amide bonds. The molecule has 0 fully saturated rings. The topological polar surface area (TPSA) is 9.23 Å². The van der Waals surface area contributed by atoms with Crippen LogP contribution in [0.1, 0.15) is 26.3 Å². The Labute approximate surface area is 119 Å². The summed E-state index contributed by atoms with van der Waals surface area (Å²) in [6.07, 6.45) is 0. The van der Waals surface area contributed by atoms with E-state index in [1.807, 2.05) is 26.0 Å². The third kappa shape index (κ3) is 3.45. The van der Waals surface area contributed by atoms with Gasteiger partial charge in [-0.1, -0.05) is 12.1 Å². The highest BCUT2D eigenvalue weighted by Crippen LogP contribution is 2.36. The summed E-state index contributed by atoms with van der Waals surface area (Å²) < 4.78 is 28.8. The number of hydrogen-bond donors (Lipinski definition) is 0. The highest BCUT2D eigenvalue weighted by atomic mass is 35.5. The van der Waals surface area contributed by atoms with E-state index in [1.54, 1.807) is 23.5 Å². The van der Waals surface area contributed by atoms with Gasteiger partial charge in [-0.05, 0) is 43.2 Å². The van der Waals surface area contributed by atoms with Gasteiger partial charge in [-0.2, -0.15) is 8.78 Å². The second-order valence-electron chi connectivity index (χ2n) is 4.18. The standard InChI is InChI=1S/C14H13ClF2OS/c1-8-6-12(9(2)19-8)13(15)10-4-3-5-11(7-10)18-14(16)17/h3-7,13-14H,1-2H3. The molecule has 0 aliphatic carbocycles. The van der Waals surface area contributed by atoms with Crippen molar-refractivity contribution in [3.63, 3.8) is 0 Å². The molecule has 1 aromatic carbocycles. The fraction of sp³-hybridized carbons (Fsp3) is 0.286. The first kappa shape index (κ1) is 14.3. The smallest absolute Gasteiger partial charge is 0.387 e. The van der Waals surface area contributed by atoms with Crippen molar-refractivity contribution in [3.05, 3.63) is 51.2 Å². The number of ether oxygens (including phenoxy) is 1. The highest BCUT2D eigenvalue weighted by Gasteiger charge is 2.16. The van der Waals surface area contributed by atoms with Crippen LogP contribution in [0.15, 0.2) is 30.3 Å². The van der Waals surface area contributed by atoms with Crippen LogP contribution in [0.25, 0.3) is 0 Å². The molecular weight excluding hydrogens is 290 g/mol. The molecule has 0 saturated carbocycles. The maximum absolute atomic E-state index is 12.2. The van der Waals surface area contributed by atoms with Gasteiger partial charge >= 0.3 is 6.61 Å². The molecule has 0 saturated heterocycles. The number of thiophene rings is 1. The van der Waals surface area contributed by atoms with Crippen molar-refractivity contribution >= 4 is 22.9 Å². The number of benzene rings is 1. The Bertz CT molecular complexity index is 568. The third-order valence-corrected chi connectivity index (χ3v) is 4.20. The van der Waals surface area contributed by atoms with Gasteiger partial charge in [0.2, 0.25) is 0 Å². The SMILES string of the molecule is Cc1cc(C(Cl)c2cccc(OC(F)F)c2)c(C)s1. The van der Waals surface area contributed by atoms with Crippen molar-refractivity contribution in [2.75, 3.05) is 0 Å². The molecule has 0 aliphatic rings. The Morgan fingerprint density at radius 2 is 1.95 bits per heavy atom. The van der Waals surface area contributed by atoms with Gasteiger partial charge < -0.3 is 4.74 Å². The number of hydrogen-bond acceptors (Lipinski definition) is 2. The number of alkyl halides is 3. The molecule has 1 nitrogen and oxygen atoms in total. The quantitative estimate of drug-likeness (QED) is 0.697. The van der Waals surface area contributed by atoms with Crippen LogP contribution in [0, 0.1) is 13.8 Å². The lowest BCUT2D eigenvalue weighted by atomic mass is 10.0. The Hall–Kier alpha value is -1.13. The predicted octanol–water partition coefficient (Wildman–Crippen LogP) is 5.29. The van der Waals surface area contributed by atoms with Crippen molar-refractivity contribution in [3.8, 4) is 5.75 Å². The molecular formula is C14H13ClF2OS. The summed E-state index contributed by atoms with van der Waals surface area (Å²) in [6, 6.07) is 8.54. The molecule has 0 spiro atoms. The first-order valence-electron chi connectivity index (χ1n) is 5.73. The second-order valence-corrected chi connectivity index (χ2v) is 6.08. The van der Waals surface area contributed by atoms with E-state index in [0.717, 1.165) is 16.0 Å². The molecule has 1 aromatic heterocycles. The Balaban J connectivity index is 2.28. The van der Waals surface area contributed by atoms with E-state index in [9.17, 15) is 8.78 Å². The predicted molar refractivity (Wildman–Crippen MR) is 74.6 cm³/mol. The van der Waals surface area contributed by atoms with Crippen molar-refractivity contribution < 1.29 is 13.5 Å². The number of halogens is 3. The molecule has 0 N–H and O–H groups in total. The van der Waals surface area contributed by atoms with Gasteiger partial charge in [0.25, 0.3) is 0 Å². The van der Waals surface area contributed by atoms with E-state index < -0.39 is 6.61 Å². The van der Waals surface area contributed by atoms with Crippen LogP contribution in [0.5, 0.6) is 5.75 Å². The van der Waals surface area contributed by atoms with Gasteiger partial charge in [-0.15, -0.1) is 22.9 Å². The van der Waals surface area contributed by atoms with Crippen LogP contribution in [-0.2, 0) is 0 Å². The molecule has 0 radical (unpaired) electrons. The molecule has 1 atom stereocenters. The summed E-state index contributed by atoms with van der Waals surface area (Å²) in [5, 5.41) is -0.355. The Kier molecular flexibility index (Phi) is 4.42. The van der Waals surface area contributed by atoms with Crippen molar-refractivity contribution in [1.82, 2.24) is 0 Å². The summed E-state index contributed by atoms with van der Waals surface area (Å²) in [5.41, 5.74) is 1.76. The van der Waals surface area contributed by atoms with Crippen molar-refractivity contribution in [2.45, 2.75) is 25.8 Å². The average Bonchev–Trinajstić information content (AvgIpc) is 2.67. The van der Waals surface area contributed by atoms with Crippen LogP contribution in [0.4, 0.5) is 8.78 Å². The summed E-state index contributed by atoms with van der Waals surface area (Å²) in [5.74, 6) is 0.128. The van der Waals surface area contributed by atoms with E-state index in [4.69, 9.17) is 11.6 Å². The summed E-state index contributed by atoms with van der Waals surface area (Å²) >= 11 is 8.09. The molecule has 2 aromatic rings. The Morgan fingerprint density at radius 3 is 2.53 bits per heavy atom. The zero-order valence-electron chi connectivity index (χ0n) is 10.5. The van der Waals surface area contributed by atoms with E-state index in [2.05, 4.69) is 4.74 Å². The van der Waals surface area contributed by atoms with Gasteiger partial charge in [0.15, 0.2) is 0 Å².